The van der Waals surface area contributed by atoms with Crippen LogP contribution in [0.5, 0.6) is 5.75 Å². The number of nitrogens with zero attached hydrogens (tertiary/aromatic N) is 1. The molecule has 0 atom stereocenters. The Kier molecular flexibility index (Phi) is 7.47. The summed E-state index contributed by atoms with van der Waals surface area (Å²) in [5, 5.41) is -0.164. The second-order valence-electron chi connectivity index (χ2n) is 7.05. The maximum absolute atomic E-state index is 13.1. The maximum Gasteiger partial charge on any atom is 0.338 e. The van der Waals surface area contributed by atoms with E-state index in [9.17, 15) is 14.4 Å². The summed E-state index contributed by atoms with van der Waals surface area (Å²) in [5.41, 5.74) is 1.15. The van der Waals surface area contributed by atoms with E-state index in [1.165, 1.54) is 6.07 Å². The van der Waals surface area contributed by atoms with Gasteiger partial charge in [0.25, 0.3) is 11.8 Å². The van der Waals surface area contributed by atoms with Crippen LogP contribution in [0.1, 0.15) is 49.0 Å². The van der Waals surface area contributed by atoms with Gasteiger partial charge in [0.1, 0.15) is 10.8 Å². The van der Waals surface area contributed by atoms with Crippen molar-refractivity contribution in [3.05, 3.63) is 64.7 Å². The summed E-state index contributed by atoms with van der Waals surface area (Å²) in [6.45, 7) is 4.91. The molecule has 0 saturated carbocycles. The van der Waals surface area contributed by atoms with Gasteiger partial charge in [-0.3, -0.25) is 9.59 Å². The molecule has 7 heteroatoms. The summed E-state index contributed by atoms with van der Waals surface area (Å²) in [4.78, 5) is 39.1. The molecule has 2 aromatic carbocycles. The second-order valence-corrected chi connectivity index (χ2v) is 7.43. The minimum atomic E-state index is -0.635. The van der Waals surface area contributed by atoms with Gasteiger partial charge in [-0.25, -0.2) is 9.69 Å². The lowest BCUT2D eigenvalue weighted by atomic mass is 10.1. The number of carbonyl (C=O) groups excluding carboxylic acids is 3. The zero-order valence-electron chi connectivity index (χ0n) is 17.5. The van der Waals surface area contributed by atoms with Crippen LogP contribution in [0, 0.1) is 0 Å². The molecule has 2 amide bonds. The van der Waals surface area contributed by atoms with Crippen LogP contribution in [0.3, 0.4) is 0 Å². The molecule has 0 fully saturated rings. The van der Waals surface area contributed by atoms with Crippen molar-refractivity contribution < 1.29 is 23.9 Å². The summed E-state index contributed by atoms with van der Waals surface area (Å²) < 4.78 is 10.8. The lowest BCUT2D eigenvalue weighted by Crippen LogP contribution is -2.31. The molecule has 0 N–H and O–H groups in total. The molecular weight excluding hydrogens is 418 g/mol. The highest BCUT2D eigenvalue weighted by Crippen LogP contribution is 2.35. The van der Waals surface area contributed by atoms with Gasteiger partial charge in [0.2, 0.25) is 0 Å². The smallest absolute Gasteiger partial charge is 0.338 e. The van der Waals surface area contributed by atoms with Gasteiger partial charge in [-0.15, -0.1) is 0 Å². The fourth-order valence-electron chi connectivity index (χ4n) is 3.09. The van der Waals surface area contributed by atoms with Gasteiger partial charge in [0, 0.05) is 0 Å². The van der Waals surface area contributed by atoms with E-state index in [0.717, 1.165) is 24.2 Å². The third-order valence-electron chi connectivity index (χ3n) is 4.71. The van der Waals surface area contributed by atoms with E-state index >= 15 is 0 Å². The molecule has 31 heavy (non-hydrogen) atoms. The first-order valence-corrected chi connectivity index (χ1v) is 10.6. The number of rotatable bonds is 9. The van der Waals surface area contributed by atoms with Gasteiger partial charge in [-0.1, -0.05) is 50.1 Å². The number of unbranched alkanes of at least 4 members (excludes halogenated alkanes) is 1. The Bertz CT molecular complexity index is 1010. The van der Waals surface area contributed by atoms with Crippen LogP contribution in [0.2, 0.25) is 0 Å². The van der Waals surface area contributed by atoms with Crippen LogP contribution in [-0.2, 0) is 14.3 Å². The molecule has 0 aromatic heterocycles. The van der Waals surface area contributed by atoms with Crippen molar-refractivity contribution in [1.82, 2.24) is 0 Å². The summed E-state index contributed by atoms with van der Waals surface area (Å²) in [6.07, 6.45) is 2.55. The van der Waals surface area contributed by atoms with Crippen LogP contribution < -0.4 is 9.64 Å². The van der Waals surface area contributed by atoms with E-state index in [0.29, 0.717) is 24.5 Å². The van der Waals surface area contributed by atoms with Crippen molar-refractivity contribution in [2.24, 2.45) is 0 Å². The molecule has 1 heterocycles. The molecule has 0 aliphatic carbocycles. The average molecular weight is 442 g/mol. The number of imide groups is 1. The molecule has 0 radical (unpaired) electrons. The van der Waals surface area contributed by atoms with Crippen LogP contribution in [0.15, 0.2) is 53.6 Å². The number of halogens is 1. The fraction of sp³-hybridized carbons (Fsp3) is 0.292. The third kappa shape index (κ3) is 4.97. The zero-order chi connectivity index (χ0) is 22.4. The SMILES string of the molecule is CCCCOC(=O)c1cccc(N2C(=O)C(Cl)=C(c3ccc(OCCC)cc3)C2=O)c1. The Morgan fingerprint density at radius 2 is 1.71 bits per heavy atom. The number of hydrogen-bond donors (Lipinski definition) is 0. The van der Waals surface area contributed by atoms with E-state index in [1.54, 1.807) is 42.5 Å². The number of anilines is 1. The summed E-state index contributed by atoms with van der Waals surface area (Å²) >= 11 is 6.26. The highest BCUT2D eigenvalue weighted by atomic mass is 35.5. The zero-order valence-corrected chi connectivity index (χ0v) is 18.3. The molecule has 2 aromatic rings. The summed E-state index contributed by atoms with van der Waals surface area (Å²) in [7, 11) is 0. The van der Waals surface area contributed by atoms with Crippen molar-refractivity contribution in [3.63, 3.8) is 0 Å². The minimum absolute atomic E-state index is 0.115. The summed E-state index contributed by atoms with van der Waals surface area (Å²) in [6, 6.07) is 13.1. The quantitative estimate of drug-likeness (QED) is 0.312. The monoisotopic (exact) mass is 441 g/mol. The Morgan fingerprint density at radius 1 is 0.968 bits per heavy atom. The first-order chi connectivity index (χ1) is 15.0. The van der Waals surface area contributed by atoms with Crippen molar-refractivity contribution in [2.45, 2.75) is 33.1 Å². The van der Waals surface area contributed by atoms with Crippen molar-refractivity contribution >= 4 is 40.6 Å². The molecule has 3 rings (SSSR count). The molecule has 6 nitrogen and oxygen atoms in total. The molecule has 1 aliphatic heterocycles. The molecule has 162 valence electrons. The fourth-order valence-corrected chi connectivity index (χ4v) is 3.36. The molecule has 1 aliphatic rings. The van der Waals surface area contributed by atoms with Gasteiger partial charge in [0.05, 0.1) is 30.0 Å². The lowest BCUT2D eigenvalue weighted by Gasteiger charge is -2.16. The second kappa shape index (κ2) is 10.3. The third-order valence-corrected chi connectivity index (χ3v) is 5.06. The first kappa shape index (κ1) is 22.6. The number of benzene rings is 2. The van der Waals surface area contributed by atoms with Gasteiger partial charge < -0.3 is 9.47 Å². The molecular formula is C24H24ClNO5. The predicted molar refractivity (Wildman–Crippen MR) is 119 cm³/mol. The van der Waals surface area contributed by atoms with E-state index in [2.05, 4.69) is 0 Å². The number of carbonyl (C=O) groups is 3. The highest BCUT2D eigenvalue weighted by molar-refractivity contribution is 6.60. The highest BCUT2D eigenvalue weighted by Gasteiger charge is 2.39. The molecule has 0 saturated heterocycles. The van der Waals surface area contributed by atoms with Gasteiger partial charge in [-0.05, 0) is 48.7 Å². The molecule has 0 spiro atoms. The van der Waals surface area contributed by atoms with Crippen LogP contribution in [0.4, 0.5) is 5.69 Å². The topological polar surface area (TPSA) is 72.9 Å². The Morgan fingerprint density at radius 3 is 2.39 bits per heavy atom. The molecule has 0 bridgehead atoms. The van der Waals surface area contributed by atoms with Crippen molar-refractivity contribution in [2.75, 3.05) is 18.1 Å². The first-order valence-electron chi connectivity index (χ1n) is 10.3. The standard InChI is InChI=1S/C24H24ClNO5/c1-3-5-14-31-24(29)17-7-6-8-18(15-17)26-22(27)20(21(25)23(26)28)16-9-11-19(12-10-16)30-13-4-2/h6-12,15H,3-5,13-14H2,1-2H3. The van der Waals surface area contributed by atoms with Gasteiger partial charge in [-0.2, -0.15) is 0 Å². The van der Waals surface area contributed by atoms with Crippen LogP contribution >= 0.6 is 11.6 Å². The number of hydrogen-bond acceptors (Lipinski definition) is 5. The van der Waals surface area contributed by atoms with Crippen LogP contribution in [-0.4, -0.2) is 31.0 Å². The molecule has 0 unspecified atom stereocenters. The Labute approximate surface area is 186 Å². The van der Waals surface area contributed by atoms with Crippen molar-refractivity contribution in [1.29, 1.82) is 0 Å². The number of ether oxygens (including phenoxy) is 2. The largest absolute Gasteiger partial charge is 0.494 e. The number of amides is 2. The minimum Gasteiger partial charge on any atom is -0.494 e. The van der Waals surface area contributed by atoms with Crippen molar-refractivity contribution in [3.8, 4) is 5.75 Å². The maximum atomic E-state index is 13.1. The van der Waals surface area contributed by atoms with Gasteiger partial charge >= 0.3 is 5.97 Å². The average Bonchev–Trinajstić information content (AvgIpc) is 3.01. The number of esters is 1. The van der Waals surface area contributed by atoms with Gasteiger partial charge in [0.15, 0.2) is 0 Å². The van der Waals surface area contributed by atoms with Crippen LogP contribution in [0.25, 0.3) is 5.57 Å². The van der Waals surface area contributed by atoms with E-state index in [1.807, 2.05) is 13.8 Å². The van der Waals surface area contributed by atoms with E-state index in [-0.39, 0.29) is 21.9 Å². The normalized spacial score (nSPS) is 13.7. The van der Waals surface area contributed by atoms with E-state index < -0.39 is 17.8 Å². The predicted octanol–water partition coefficient (Wildman–Crippen LogP) is 4.96. The Hall–Kier alpha value is -3.12. The Balaban J connectivity index is 1.82. The van der Waals surface area contributed by atoms with E-state index in [4.69, 9.17) is 21.1 Å². The lowest BCUT2D eigenvalue weighted by molar-refractivity contribution is -0.119. The summed E-state index contributed by atoms with van der Waals surface area (Å²) in [5.74, 6) is -1.01.